The largest absolute Gasteiger partial charge is 0.444 e. The lowest BCUT2D eigenvalue weighted by molar-refractivity contribution is -0.140. The van der Waals surface area contributed by atoms with Crippen molar-refractivity contribution in [2.45, 2.75) is 88.1 Å². The molecule has 3 aromatic carbocycles. The molecular weight excluding hydrogens is 989 g/mol. The van der Waals surface area contributed by atoms with Gasteiger partial charge in [0.2, 0.25) is 0 Å². The number of H-pyrrole nitrogens is 1. The lowest BCUT2D eigenvalue weighted by Gasteiger charge is -2.33. The molecule has 0 radical (unpaired) electrons. The van der Waals surface area contributed by atoms with Crippen molar-refractivity contribution in [3.8, 4) is 45.0 Å². The minimum atomic E-state index is -5.05. The second kappa shape index (κ2) is 20.8. The van der Waals surface area contributed by atoms with Gasteiger partial charge in [-0.05, 0) is 127 Å². The predicted octanol–water partition coefficient (Wildman–Crippen LogP) is 11.0. The molecule has 0 unspecified atom stereocenters. The van der Waals surface area contributed by atoms with Gasteiger partial charge < -0.3 is 15.0 Å². The summed E-state index contributed by atoms with van der Waals surface area (Å²) in [7, 11) is -4.48. The highest BCUT2D eigenvalue weighted by Gasteiger charge is 2.39. The first kappa shape index (κ1) is 52.2. The Morgan fingerprint density at radius 3 is 1.79 bits per heavy atom. The third-order valence-electron chi connectivity index (χ3n) is 12.3. The molecule has 7 aromatic rings. The van der Waals surface area contributed by atoms with Gasteiger partial charge in [0.15, 0.2) is 0 Å². The molecule has 2 fully saturated rings. The van der Waals surface area contributed by atoms with Gasteiger partial charge in [0, 0.05) is 59.7 Å². The third kappa shape index (κ3) is 11.6. The molecule has 1 amide bonds. The van der Waals surface area contributed by atoms with Crippen LogP contribution in [0.3, 0.4) is 0 Å². The highest BCUT2D eigenvalue weighted by molar-refractivity contribution is 7.90. The number of alkyl halides is 6. The predicted molar refractivity (Wildman–Crippen MR) is 252 cm³/mol. The van der Waals surface area contributed by atoms with Gasteiger partial charge in [0.05, 0.1) is 44.4 Å². The summed E-state index contributed by atoms with van der Waals surface area (Å²) in [5.41, 5.74) is -0.0339. The summed E-state index contributed by atoms with van der Waals surface area (Å²) in [5.74, 6) is -3.05. The average molecular weight is 1040 g/mol. The number of aromatic amines is 1. The van der Waals surface area contributed by atoms with Crippen molar-refractivity contribution in [3.63, 3.8) is 0 Å². The first-order valence-electron chi connectivity index (χ1n) is 23.0. The number of hydrogen-bond donors (Lipinski definition) is 2. The van der Waals surface area contributed by atoms with Crippen LogP contribution in [0.2, 0.25) is 0 Å². The van der Waals surface area contributed by atoms with E-state index in [2.05, 4.69) is 40.5 Å². The van der Waals surface area contributed by atoms with E-state index in [-0.39, 0.29) is 57.7 Å². The molecule has 2 aliphatic heterocycles. The van der Waals surface area contributed by atoms with E-state index in [1.54, 1.807) is 57.0 Å². The first-order valence-corrected chi connectivity index (χ1v) is 24.4. The van der Waals surface area contributed by atoms with Crippen LogP contribution in [0.15, 0.2) is 103 Å². The first-order chi connectivity index (χ1) is 34.5. The SMILES string of the molecule is Cc1ccc(S(=O)(=O)n2nc(C3CCN(C(=O)OC(C)(C)C)CC3)c(-c3ccncn3)c2-c2ccc(F)c(C(F)(F)F)c2)cc1.Fc1ccc(-c2n[nH]c(C3CCNCC3)c2-c2ccncn2)cc1C(F)(F)F. The monoisotopic (exact) mass is 1040 g/mol. The molecule has 0 aliphatic carbocycles. The van der Waals surface area contributed by atoms with Crippen molar-refractivity contribution in [2.24, 2.45) is 0 Å². The molecule has 384 valence electrons. The number of benzene rings is 3. The summed E-state index contributed by atoms with van der Waals surface area (Å²) in [6.07, 6.45) is -2.28. The Labute approximate surface area is 414 Å². The minimum Gasteiger partial charge on any atom is -0.444 e. The molecule has 73 heavy (non-hydrogen) atoms. The van der Waals surface area contributed by atoms with E-state index in [0.717, 1.165) is 55.4 Å². The van der Waals surface area contributed by atoms with E-state index in [9.17, 15) is 48.3 Å². The van der Waals surface area contributed by atoms with Crippen molar-refractivity contribution >= 4 is 16.1 Å². The molecule has 23 heteroatoms. The molecule has 0 bridgehead atoms. The molecule has 0 saturated carbocycles. The maximum absolute atomic E-state index is 14.4. The number of halogens is 8. The van der Waals surface area contributed by atoms with E-state index in [0.29, 0.717) is 46.0 Å². The Bertz CT molecular complexity index is 3190. The van der Waals surface area contributed by atoms with Crippen molar-refractivity contribution in [1.82, 2.24) is 49.5 Å². The normalized spacial score (nSPS) is 15.2. The van der Waals surface area contributed by atoms with Crippen LogP contribution in [0.1, 0.15) is 86.4 Å². The Kier molecular flexibility index (Phi) is 14.8. The van der Waals surface area contributed by atoms with Crippen LogP contribution in [-0.2, 0) is 27.1 Å². The van der Waals surface area contributed by atoms with E-state index in [4.69, 9.17) is 4.74 Å². The zero-order valence-corrected chi connectivity index (χ0v) is 40.5. The lowest BCUT2D eigenvalue weighted by atomic mass is 9.88. The van der Waals surface area contributed by atoms with Gasteiger partial charge in [0.1, 0.15) is 35.6 Å². The smallest absolute Gasteiger partial charge is 0.419 e. The topological polar surface area (TPSA) is 174 Å². The summed E-state index contributed by atoms with van der Waals surface area (Å²) < 4.78 is 144. The zero-order chi connectivity index (χ0) is 52.5. The van der Waals surface area contributed by atoms with Crippen LogP contribution in [0.5, 0.6) is 0 Å². The molecule has 9 rings (SSSR count). The molecule has 0 atom stereocenters. The summed E-state index contributed by atoms with van der Waals surface area (Å²) in [5, 5.41) is 15.1. The molecule has 2 N–H and O–H groups in total. The van der Waals surface area contributed by atoms with Gasteiger partial charge in [-0.25, -0.2) is 33.5 Å². The Hall–Kier alpha value is -7.14. The molecule has 4 aromatic heterocycles. The van der Waals surface area contributed by atoms with E-state index >= 15 is 0 Å². The van der Waals surface area contributed by atoms with Gasteiger partial charge >= 0.3 is 18.4 Å². The van der Waals surface area contributed by atoms with Gasteiger partial charge in [0.25, 0.3) is 10.0 Å². The Morgan fingerprint density at radius 2 is 1.26 bits per heavy atom. The number of aryl methyl sites for hydroxylation is 1. The summed E-state index contributed by atoms with van der Waals surface area (Å²) in [4.78, 5) is 30.5. The number of likely N-dealkylation sites (tertiary alicyclic amines) is 1. The number of rotatable bonds is 8. The van der Waals surface area contributed by atoms with E-state index in [1.165, 1.54) is 43.1 Å². The molecule has 6 heterocycles. The summed E-state index contributed by atoms with van der Waals surface area (Å²) >= 11 is 0. The Balaban J connectivity index is 0.000000217. The van der Waals surface area contributed by atoms with Crippen LogP contribution >= 0.6 is 0 Å². The van der Waals surface area contributed by atoms with E-state index < -0.39 is 62.7 Å². The number of hydrogen-bond acceptors (Lipinski definition) is 11. The van der Waals surface area contributed by atoms with Crippen LogP contribution in [-0.4, -0.2) is 90.5 Å². The molecular formula is C50H48F8N10O4S. The number of ether oxygens (including phenoxy) is 1. The molecule has 14 nitrogen and oxygen atoms in total. The van der Waals surface area contributed by atoms with Gasteiger partial charge in [-0.3, -0.25) is 5.10 Å². The molecule has 2 aliphatic rings. The highest BCUT2D eigenvalue weighted by Crippen LogP contribution is 2.45. The number of piperidine rings is 2. The highest BCUT2D eigenvalue weighted by atomic mass is 32.2. The van der Waals surface area contributed by atoms with Crippen LogP contribution < -0.4 is 5.32 Å². The third-order valence-corrected chi connectivity index (χ3v) is 13.9. The number of amides is 1. The number of nitrogens with one attached hydrogen (secondary N) is 2. The fourth-order valence-corrected chi connectivity index (χ4v) is 10.1. The fourth-order valence-electron chi connectivity index (χ4n) is 8.74. The second-order valence-electron chi connectivity index (χ2n) is 18.5. The van der Waals surface area contributed by atoms with Crippen molar-refractivity contribution in [1.29, 1.82) is 0 Å². The van der Waals surface area contributed by atoms with E-state index in [1.807, 2.05) is 0 Å². The fraction of sp³-hybridized carbons (Fsp3) is 0.340. The lowest BCUT2D eigenvalue weighted by Crippen LogP contribution is -2.41. The quantitative estimate of drug-likeness (QED) is 0.139. The number of carbonyl (C=O) groups excluding carboxylic acids is 1. The average Bonchev–Trinajstić information content (AvgIpc) is 3.99. The van der Waals surface area contributed by atoms with Crippen LogP contribution in [0.25, 0.3) is 45.0 Å². The van der Waals surface area contributed by atoms with Gasteiger partial charge in [-0.2, -0.15) is 49.0 Å². The summed E-state index contributed by atoms with van der Waals surface area (Å²) in [6.45, 7) is 9.28. The molecule has 2 saturated heterocycles. The van der Waals surface area contributed by atoms with Crippen molar-refractivity contribution in [2.75, 3.05) is 26.2 Å². The number of aromatic nitrogens is 8. The second-order valence-corrected chi connectivity index (χ2v) is 20.2. The number of nitrogens with zero attached hydrogens (tertiary/aromatic N) is 8. The summed E-state index contributed by atoms with van der Waals surface area (Å²) in [6, 6.07) is 14.4. The van der Waals surface area contributed by atoms with Gasteiger partial charge in [-0.1, -0.05) is 17.7 Å². The minimum absolute atomic E-state index is 0.143. The molecule has 0 spiro atoms. The van der Waals surface area contributed by atoms with Crippen molar-refractivity contribution < 1.29 is 53.1 Å². The maximum atomic E-state index is 14.4. The van der Waals surface area contributed by atoms with Gasteiger partial charge in [-0.15, -0.1) is 0 Å². The maximum Gasteiger partial charge on any atom is 0.419 e. The van der Waals surface area contributed by atoms with Crippen LogP contribution in [0.4, 0.5) is 39.9 Å². The standard InChI is InChI=1S/C31H31F4N5O4S.C19H17F4N5/c1-19-5-8-22(9-6-19)45(42,43)40-28(21-7-10-24(32)23(17-21)31(33,34)35)26(25-11-14-36-18-37-25)27(38-40)20-12-15-39(16-13-20)29(41)44-30(2,3)4;20-14-2-1-12(9-13(14)19(21,22)23)18-16(15-5-8-25-10-26-15)17(27-28-18)11-3-6-24-7-4-11/h5-11,14,17-18,20H,12-13,15-16H2,1-4H3;1-2,5,8-11,24H,3-4,6-7H2,(H,27,28). The zero-order valence-electron chi connectivity index (χ0n) is 39.7. The Morgan fingerprint density at radius 1 is 0.712 bits per heavy atom. The van der Waals surface area contributed by atoms with Crippen LogP contribution in [0, 0.1) is 18.6 Å². The van der Waals surface area contributed by atoms with Crippen molar-refractivity contribution in [3.05, 3.63) is 138 Å². The number of carbonyl (C=O) groups is 1.